The number of carbonyl (C=O) groups is 1. The maximum atomic E-state index is 13.3. The standard InChI is InChI=1S/C23H17FN4O/c24-20-13-11-17(12-14-20)22-19(16-28(27-22)21-9-5-2-6-10-21)15-25-26-23(29)18-7-3-1-4-8-18/h1-16H,(H,26,29). The van der Waals surface area contributed by atoms with Crippen molar-refractivity contribution in [3.8, 4) is 16.9 Å². The lowest BCUT2D eigenvalue weighted by atomic mass is 10.1. The van der Waals surface area contributed by atoms with Crippen molar-refractivity contribution < 1.29 is 9.18 Å². The van der Waals surface area contributed by atoms with Crippen LogP contribution in [0.25, 0.3) is 16.9 Å². The summed E-state index contributed by atoms with van der Waals surface area (Å²) in [4.78, 5) is 12.2. The second kappa shape index (κ2) is 8.31. The van der Waals surface area contributed by atoms with Gasteiger partial charge in [0.15, 0.2) is 0 Å². The van der Waals surface area contributed by atoms with Crippen LogP contribution in [0.2, 0.25) is 0 Å². The highest BCUT2D eigenvalue weighted by Gasteiger charge is 2.11. The number of hydrogen-bond acceptors (Lipinski definition) is 3. The Labute approximate surface area is 167 Å². The zero-order chi connectivity index (χ0) is 20.1. The predicted molar refractivity (Wildman–Crippen MR) is 110 cm³/mol. The smallest absolute Gasteiger partial charge is 0.267 e. The van der Waals surface area contributed by atoms with Gasteiger partial charge in [-0.15, -0.1) is 0 Å². The lowest BCUT2D eigenvalue weighted by Gasteiger charge is -2.00. The number of amides is 1. The Morgan fingerprint density at radius 3 is 2.28 bits per heavy atom. The highest BCUT2D eigenvalue weighted by atomic mass is 19.1. The molecule has 1 heterocycles. The number of benzene rings is 3. The number of hydrazone groups is 1. The maximum absolute atomic E-state index is 13.3. The second-order valence-electron chi connectivity index (χ2n) is 6.29. The Bertz CT molecular complexity index is 1140. The Kier molecular flexibility index (Phi) is 5.25. The van der Waals surface area contributed by atoms with Crippen molar-refractivity contribution in [1.29, 1.82) is 0 Å². The summed E-state index contributed by atoms with van der Waals surface area (Å²) in [5.74, 6) is -0.623. The zero-order valence-corrected chi connectivity index (χ0v) is 15.4. The Morgan fingerprint density at radius 1 is 0.931 bits per heavy atom. The van der Waals surface area contributed by atoms with Crippen LogP contribution in [-0.2, 0) is 0 Å². The van der Waals surface area contributed by atoms with Gasteiger partial charge in [0.05, 0.1) is 11.9 Å². The van der Waals surface area contributed by atoms with E-state index in [4.69, 9.17) is 0 Å². The molecule has 142 valence electrons. The molecule has 1 aromatic heterocycles. The number of rotatable bonds is 5. The van der Waals surface area contributed by atoms with Crippen molar-refractivity contribution in [3.05, 3.63) is 108 Å². The number of hydrogen-bond donors (Lipinski definition) is 1. The number of nitrogens with one attached hydrogen (secondary N) is 1. The largest absolute Gasteiger partial charge is 0.271 e. The molecule has 29 heavy (non-hydrogen) atoms. The summed E-state index contributed by atoms with van der Waals surface area (Å²) in [5, 5.41) is 8.70. The number of para-hydroxylation sites is 1. The fourth-order valence-electron chi connectivity index (χ4n) is 2.84. The minimum absolute atomic E-state index is 0.305. The topological polar surface area (TPSA) is 59.3 Å². The van der Waals surface area contributed by atoms with Gasteiger partial charge in [0.2, 0.25) is 0 Å². The lowest BCUT2D eigenvalue weighted by Crippen LogP contribution is -2.17. The van der Waals surface area contributed by atoms with Crippen LogP contribution in [0, 0.1) is 5.82 Å². The van der Waals surface area contributed by atoms with Gasteiger partial charge in [-0.05, 0) is 48.5 Å². The number of aromatic nitrogens is 2. The highest BCUT2D eigenvalue weighted by molar-refractivity contribution is 5.95. The van der Waals surface area contributed by atoms with E-state index in [0.717, 1.165) is 11.3 Å². The van der Waals surface area contributed by atoms with E-state index in [9.17, 15) is 9.18 Å². The van der Waals surface area contributed by atoms with Gasteiger partial charge in [0.1, 0.15) is 11.5 Å². The molecule has 4 rings (SSSR count). The van der Waals surface area contributed by atoms with Gasteiger partial charge in [0.25, 0.3) is 5.91 Å². The van der Waals surface area contributed by atoms with Crippen LogP contribution in [-0.4, -0.2) is 21.9 Å². The molecule has 1 amide bonds. The second-order valence-corrected chi connectivity index (χ2v) is 6.29. The predicted octanol–water partition coefficient (Wildman–Crippen LogP) is 4.44. The summed E-state index contributed by atoms with van der Waals surface area (Å²) >= 11 is 0. The van der Waals surface area contributed by atoms with Crippen molar-refractivity contribution in [1.82, 2.24) is 15.2 Å². The average molecular weight is 384 g/mol. The number of halogens is 1. The Morgan fingerprint density at radius 2 is 1.59 bits per heavy atom. The fraction of sp³-hybridized carbons (Fsp3) is 0. The summed E-state index contributed by atoms with van der Waals surface area (Å²) in [6, 6.07) is 24.5. The van der Waals surface area contributed by atoms with Crippen LogP contribution in [0.3, 0.4) is 0 Å². The summed E-state index contributed by atoms with van der Waals surface area (Å²) < 4.78 is 15.0. The molecule has 1 N–H and O–H groups in total. The van der Waals surface area contributed by atoms with E-state index < -0.39 is 0 Å². The Balaban J connectivity index is 1.64. The van der Waals surface area contributed by atoms with Crippen molar-refractivity contribution in [2.45, 2.75) is 0 Å². The molecular weight excluding hydrogens is 367 g/mol. The third-order valence-corrected chi connectivity index (χ3v) is 4.29. The van der Waals surface area contributed by atoms with E-state index in [0.29, 0.717) is 16.8 Å². The summed E-state index contributed by atoms with van der Waals surface area (Å²) in [7, 11) is 0. The summed E-state index contributed by atoms with van der Waals surface area (Å²) in [5.41, 5.74) is 5.98. The van der Waals surface area contributed by atoms with Gasteiger partial charge in [-0.2, -0.15) is 10.2 Å². The molecule has 0 aliphatic rings. The molecule has 0 spiro atoms. The van der Waals surface area contributed by atoms with E-state index >= 15 is 0 Å². The van der Waals surface area contributed by atoms with Gasteiger partial charge in [-0.25, -0.2) is 14.5 Å². The first-order chi connectivity index (χ1) is 14.2. The van der Waals surface area contributed by atoms with Crippen molar-refractivity contribution >= 4 is 12.1 Å². The van der Waals surface area contributed by atoms with Crippen LogP contribution in [0.15, 0.2) is 96.2 Å². The number of nitrogens with zero attached hydrogens (tertiary/aromatic N) is 3. The van der Waals surface area contributed by atoms with E-state index in [1.165, 1.54) is 18.3 Å². The molecule has 0 bridgehead atoms. The molecule has 0 saturated heterocycles. The van der Waals surface area contributed by atoms with Crippen LogP contribution in [0.4, 0.5) is 4.39 Å². The van der Waals surface area contributed by atoms with E-state index in [2.05, 4.69) is 15.6 Å². The normalized spacial score (nSPS) is 10.9. The molecular formula is C23H17FN4O. The van der Waals surface area contributed by atoms with Crippen LogP contribution in [0.1, 0.15) is 15.9 Å². The van der Waals surface area contributed by atoms with Gasteiger partial charge in [-0.3, -0.25) is 4.79 Å². The van der Waals surface area contributed by atoms with Crippen LogP contribution in [0.5, 0.6) is 0 Å². The molecule has 0 aliphatic carbocycles. The van der Waals surface area contributed by atoms with Gasteiger partial charge < -0.3 is 0 Å². The molecule has 3 aromatic carbocycles. The Hall–Kier alpha value is -4.06. The first-order valence-corrected chi connectivity index (χ1v) is 9.00. The number of carbonyl (C=O) groups excluding carboxylic acids is 1. The fourth-order valence-corrected chi connectivity index (χ4v) is 2.84. The molecule has 4 aromatic rings. The molecule has 0 saturated carbocycles. The van der Waals surface area contributed by atoms with Crippen molar-refractivity contribution in [2.75, 3.05) is 0 Å². The molecule has 0 aliphatic heterocycles. The summed E-state index contributed by atoms with van der Waals surface area (Å²) in [6.45, 7) is 0. The molecule has 0 fully saturated rings. The quantitative estimate of drug-likeness (QED) is 0.408. The zero-order valence-electron chi connectivity index (χ0n) is 15.4. The van der Waals surface area contributed by atoms with Gasteiger partial charge in [-0.1, -0.05) is 36.4 Å². The van der Waals surface area contributed by atoms with Gasteiger partial charge in [0, 0.05) is 22.9 Å². The third kappa shape index (κ3) is 4.27. The van der Waals surface area contributed by atoms with Crippen molar-refractivity contribution in [2.24, 2.45) is 5.10 Å². The molecule has 0 atom stereocenters. The minimum atomic E-state index is -0.318. The van der Waals surface area contributed by atoms with Crippen LogP contribution >= 0.6 is 0 Å². The van der Waals surface area contributed by atoms with E-state index in [1.54, 1.807) is 41.1 Å². The molecule has 5 nitrogen and oxygen atoms in total. The van der Waals surface area contributed by atoms with Crippen molar-refractivity contribution in [3.63, 3.8) is 0 Å². The maximum Gasteiger partial charge on any atom is 0.271 e. The van der Waals surface area contributed by atoms with E-state index in [1.807, 2.05) is 42.6 Å². The average Bonchev–Trinajstić information content (AvgIpc) is 3.19. The molecule has 0 unspecified atom stereocenters. The van der Waals surface area contributed by atoms with Gasteiger partial charge >= 0.3 is 0 Å². The summed E-state index contributed by atoms with van der Waals surface area (Å²) in [6.07, 6.45) is 3.35. The minimum Gasteiger partial charge on any atom is -0.267 e. The first kappa shape index (κ1) is 18.3. The first-order valence-electron chi connectivity index (χ1n) is 9.00. The third-order valence-electron chi connectivity index (χ3n) is 4.29. The SMILES string of the molecule is O=C(NN=Cc1cn(-c2ccccc2)nc1-c1ccc(F)cc1)c1ccccc1. The highest BCUT2D eigenvalue weighted by Crippen LogP contribution is 2.23. The molecule has 6 heteroatoms. The van der Waals surface area contributed by atoms with E-state index in [-0.39, 0.29) is 11.7 Å². The lowest BCUT2D eigenvalue weighted by molar-refractivity contribution is 0.0955. The molecule has 0 radical (unpaired) electrons. The van der Waals surface area contributed by atoms with Crippen LogP contribution < -0.4 is 5.43 Å². The monoisotopic (exact) mass is 384 g/mol.